The van der Waals surface area contributed by atoms with Crippen molar-refractivity contribution >= 4 is 66.8 Å². The van der Waals surface area contributed by atoms with Gasteiger partial charge in [0, 0.05) is 15.5 Å². The van der Waals surface area contributed by atoms with Crippen molar-refractivity contribution in [3.05, 3.63) is 81.0 Å². The Bertz CT molecular complexity index is 1300. The zero-order valence-electron chi connectivity index (χ0n) is 14.7. The Morgan fingerprint density at radius 1 is 1.07 bits per heavy atom. The van der Waals surface area contributed by atoms with Crippen molar-refractivity contribution in [3.8, 4) is 0 Å². The molecule has 0 unspecified atom stereocenters. The van der Waals surface area contributed by atoms with Crippen molar-refractivity contribution in [1.82, 2.24) is 13.9 Å². The number of aromatic nitrogens is 3. The molecule has 4 aromatic rings. The van der Waals surface area contributed by atoms with Gasteiger partial charge in [0.15, 0.2) is 5.65 Å². The van der Waals surface area contributed by atoms with Crippen LogP contribution in [0.3, 0.4) is 0 Å². The molecule has 0 bridgehead atoms. The van der Waals surface area contributed by atoms with Crippen LogP contribution in [0.4, 0.5) is 15.9 Å². The average Bonchev–Trinajstić information content (AvgIpc) is 3.01. The van der Waals surface area contributed by atoms with Crippen LogP contribution in [0.25, 0.3) is 11.0 Å². The summed E-state index contributed by atoms with van der Waals surface area (Å²) in [5.74, 6) is -0.213. The molecule has 4 rings (SSSR count). The van der Waals surface area contributed by atoms with Crippen molar-refractivity contribution < 1.29 is 12.8 Å². The number of rotatable bonds is 5. The van der Waals surface area contributed by atoms with Gasteiger partial charge in [0.2, 0.25) is 15.3 Å². The van der Waals surface area contributed by atoms with Crippen LogP contribution in [-0.4, -0.2) is 22.4 Å². The lowest BCUT2D eigenvalue weighted by atomic mass is 10.2. The van der Waals surface area contributed by atoms with Gasteiger partial charge in [-0.2, -0.15) is 9.97 Å². The lowest BCUT2D eigenvalue weighted by Gasteiger charge is -2.10. The van der Waals surface area contributed by atoms with E-state index < -0.39 is 10.0 Å². The first kappa shape index (κ1) is 20.0. The smallest absolute Gasteiger partial charge is 0.244 e. The maximum absolute atomic E-state index is 13.2. The molecular weight excluding hydrogens is 530 g/mol. The summed E-state index contributed by atoms with van der Waals surface area (Å²) in [6.45, 7) is 0. The first-order valence-electron chi connectivity index (χ1n) is 8.37. The second-order valence-corrected chi connectivity index (χ2v) is 9.53. The minimum Gasteiger partial charge on any atom is -0.339 e. The van der Waals surface area contributed by atoms with Gasteiger partial charge >= 0.3 is 0 Å². The van der Waals surface area contributed by atoms with Gasteiger partial charge in [-0.15, -0.1) is 0 Å². The quantitative estimate of drug-likeness (QED) is 0.285. The van der Waals surface area contributed by atoms with Crippen LogP contribution >= 0.6 is 34.2 Å². The third-order valence-corrected chi connectivity index (χ3v) is 6.70. The number of halogens is 3. The lowest BCUT2D eigenvalue weighted by molar-refractivity contribution is 0.588. The van der Waals surface area contributed by atoms with Crippen molar-refractivity contribution in [3.63, 3.8) is 0 Å². The predicted octanol–water partition coefficient (Wildman–Crippen LogP) is 4.95. The minimum absolute atomic E-state index is 0.104. The van der Waals surface area contributed by atoms with Crippen LogP contribution < -0.4 is 5.32 Å². The van der Waals surface area contributed by atoms with Crippen LogP contribution in [0.2, 0.25) is 5.28 Å². The molecule has 0 amide bonds. The minimum atomic E-state index is -3.75. The zero-order chi connectivity index (χ0) is 20.6. The highest BCUT2D eigenvalue weighted by molar-refractivity contribution is 14.1. The SMILES string of the molecule is O=S(=O)(Cc1ccccc1)n1cc(I)c2c(Nc3ccc(F)cc3)nc(Cl)nc21. The van der Waals surface area contributed by atoms with Crippen molar-refractivity contribution in [1.29, 1.82) is 0 Å². The van der Waals surface area contributed by atoms with E-state index >= 15 is 0 Å². The normalized spacial score (nSPS) is 11.7. The Morgan fingerprint density at radius 2 is 1.76 bits per heavy atom. The highest BCUT2D eigenvalue weighted by Crippen LogP contribution is 2.32. The van der Waals surface area contributed by atoms with Gasteiger partial charge in [-0.05, 0) is 64.0 Å². The number of anilines is 2. The molecule has 0 atom stereocenters. The largest absolute Gasteiger partial charge is 0.339 e. The summed E-state index contributed by atoms with van der Waals surface area (Å²) in [4.78, 5) is 8.35. The van der Waals surface area contributed by atoms with Gasteiger partial charge in [0.1, 0.15) is 11.6 Å². The fourth-order valence-electron chi connectivity index (χ4n) is 2.86. The molecule has 0 aliphatic carbocycles. The molecule has 148 valence electrons. The Morgan fingerprint density at radius 3 is 2.45 bits per heavy atom. The van der Waals surface area contributed by atoms with E-state index in [1.165, 1.54) is 18.3 Å². The average molecular weight is 543 g/mol. The summed E-state index contributed by atoms with van der Waals surface area (Å²) in [5, 5.41) is 3.46. The highest BCUT2D eigenvalue weighted by atomic mass is 127. The standard InChI is InChI=1S/C19H13ClFIN4O2S/c20-19-24-17(23-14-8-6-13(21)7-9-14)16-15(22)10-26(18(16)25-19)29(27,28)11-12-4-2-1-3-5-12/h1-10H,11H2,(H,23,24,25). The summed E-state index contributed by atoms with van der Waals surface area (Å²) in [5.41, 5.74) is 1.42. The van der Waals surface area contributed by atoms with Crippen molar-refractivity contribution in [2.24, 2.45) is 0 Å². The monoisotopic (exact) mass is 542 g/mol. The summed E-state index contributed by atoms with van der Waals surface area (Å²) >= 11 is 8.10. The van der Waals surface area contributed by atoms with Crippen LogP contribution in [0, 0.1) is 9.39 Å². The Balaban J connectivity index is 1.81. The van der Waals surface area contributed by atoms with E-state index in [1.807, 2.05) is 28.7 Å². The molecule has 6 nitrogen and oxygen atoms in total. The van der Waals surface area contributed by atoms with Crippen LogP contribution in [0.1, 0.15) is 5.56 Å². The lowest BCUT2D eigenvalue weighted by Crippen LogP contribution is -2.15. The first-order valence-corrected chi connectivity index (χ1v) is 11.4. The molecule has 2 heterocycles. The van der Waals surface area contributed by atoms with Crippen LogP contribution in [0.5, 0.6) is 0 Å². The van der Waals surface area contributed by atoms with E-state index in [-0.39, 0.29) is 22.5 Å². The third kappa shape index (κ3) is 4.21. The highest BCUT2D eigenvalue weighted by Gasteiger charge is 2.23. The molecule has 2 aromatic carbocycles. The summed E-state index contributed by atoms with van der Waals surface area (Å²) in [7, 11) is -3.75. The third-order valence-electron chi connectivity index (χ3n) is 4.14. The maximum Gasteiger partial charge on any atom is 0.244 e. The van der Waals surface area contributed by atoms with E-state index in [0.29, 0.717) is 26.0 Å². The number of hydrogen-bond acceptors (Lipinski definition) is 5. The van der Waals surface area contributed by atoms with Gasteiger partial charge in [-0.1, -0.05) is 30.3 Å². The van der Waals surface area contributed by atoms with E-state index in [0.717, 1.165) is 3.97 Å². The van der Waals surface area contributed by atoms with Crippen molar-refractivity contribution in [2.75, 3.05) is 5.32 Å². The van der Waals surface area contributed by atoms with E-state index in [2.05, 4.69) is 15.3 Å². The molecule has 0 saturated heterocycles. The van der Waals surface area contributed by atoms with Crippen LogP contribution in [-0.2, 0) is 15.8 Å². The number of nitrogens with zero attached hydrogens (tertiary/aromatic N) is 3. The molecule has 0 radical (unpaired) electrons. The molecule has 0 spiro atoms. The zero-order valence-corrected chi connectivity index (χ0v) is 18.4. The number of nitrogens with one attached hydrogen (secondary N) is 1. The predicted molar refractivity (Wildman–Crippen MR) is 119 cm³/mol. The molecular formula is C19H13ClFIN4O2S. The number of hydrogen-bond donors (Lipinski definition) is 1. The molecule has 29 heavy (non-hydrogen) atoms. The molecule has 0 fully saturated rings. The van der Waals surface area contributed by atoms with Gasteiger partial charge in [-0.25, -0.2) is 16.8 Å². The van der Waals surface area contributed by atoms with E-state index in [4.69, 9.17) is 11.6 Å². The van der Waals surface area contributed by atoms with Gasteiger partial charge < -0.3 is 5.32 Å². The Hall–Kier alpha value is -2.24. The molecule has 0 saturated carbocycles. The topological polar surface area (TPSA) is 76.9 Å². The summed E-state index contributed by atoms with van der Waals surface area (Å²) in [6, 6.07) is 14.6. The number of fused-ring (bicyclic) bond motifs is 1. The fourth-order valence-corrected chi connectivity index (χ4v) is 5.40. The molecule has 0 aliphatic rings. The molecule has 10 heteroatoms. The van der Waals surface area contributed by atoms with Gasteiger partial charge in [0.25, 0.3) is 0 Å². The van der Waals surface area contributed by atoms with Gasteiger partial charge in [-0.3, -0.25) is 0 Å². The van der Waals surface area contributed by atoms with Crippen molar-refractivity contribution in [2.45, 2.75) is 5.75 Å². The molecule has 2 aromatic heterocycles. The summed E-state index contributed by atoms with van der Waals surface area (Å²) in [6.07, 6.45) is 1.49. The fraction of sp³-hybridized carbons (Fsp3) is 0.0526. The van der Waals surface area contributed by atoms with Crippen LogP contribution in [0.15, 0.2) is 60.8 Å². The second kappa shape index (κ2) is 7.88. The summed E-state index contributed by atoms with van der Waals surface area (Å²) < 4.78 is 41.0. The first-order chi connectivity index (χ1) is 13.8. The number of benzene rings is 2. The Labute approximate surface area is 184 Å². The molecule has 0 aliphatic heterocycles. The Kier molecular flexibility index (Phi) is 5.45. The van der Waals surface area contributed by atoms with E-state index in [9.17, 15) is 12.8 Å². The van der Waals surface area contributed by atoms with E-state index in [1.54, 1.807) is 36.4 Å². The molecule has 1 N–H and O–H groups in total. The van der Waals surface area contributed by atoms with Gasteiger partial charge in [0.05, 0.1) is 11.1 Å². The maximum atomic E-state index is 13.2. The second-order valence-electron chi connectivity index (χ2n) is 6.19.